The van der Waals surface area contributed by atoms with E-state index in [1.807, 2.05) is 30.3 Å². The van der Waals surface area contributed by atoms with Crippen molar-refractivity contribution in [3.63, 3.8) is 0 Å². The lowest BCUT2D eigenvalue weighted by Crippen LogP contribution is -2.05. The summed E-state index contributed by atoms with van der Waals surface area (Å²) >= 11 is 5.66. The van der Waals surface area contributed by atoms with Crippen LogP contribution in [0.25, 0.3) is 11.3 Å². The second-order valence-corrected chi connectivity index (χ2v) is 4.82. The molecule has 0 aliphatic heterocycles. The first-order valence-electron chi connectivity index (χ1n) is 6.51. The molecule has 0 bridgehead atoms. The van der Waals surface area contributed by atoms with E-state index in [2.05, 4.69) is 9.97 Å². The van der Waals surface area contributed by atoms with Crippen LogP contribution >= 0.6 is 11.6 Å². The second kappa shape index (κ2) is 6.41. The average molecular weight is 315 g/mol. The number of rotatable bonds is 4. The first kappa shape index (κ1) is 14.3. The normalized spacial score (nSPS) is 10.4. The molecule has 22 heavy (non-hydrogen) atoms. The zero-order valence-corrected chi connectivity index (χ0v) is 12.2. The van der Waals surface area contributed by atoms with Gasteiger partial charge in [-0.1, -0.05) is 41.9 Å². The van der Waals surface area contributed by atoms with Crippen LogP contribution in [0.5, 0.6) is 0 Å². The number of halogens is 1. The Labute approximate surface area is 131 Å². The Hall–Kier alpha value is -2.66. The van der Waals surface area contributed by atoms with Crippen molar-refractivity contribution in [3.05, 3.63) is 71.5 Å². The molecule has 0 aliphatic rings. The van der Waals surface area contributed by atoms with E-state index in [1.165, 1.54) is 12.3 Å². The predicted molar refractivity (Wildman–Crippen MR) is 80.3 cm³/mol. The number of carbonyl (C=O) groups excluding carboxylic acids is 1. The van der Waals surface area contributed by atoms with E-state index in [0.717, 1.165) is 5.56 Å². The Morgan fingerprint density at radius 2 is 1.91 bits per heavy atom. The molecule has 5 nitrogen and oxygen atoms in total. The SMILES string of the molecule is O=C(OCc1ncc(-c2ccccc2)o1)c1ccc(Cl)nc1. The summed E-state index contributed by atoms with van der Waals surface area (Å²) in [7, 11) is 0. The Morgan fingerprint density at radius 3 is 2.64 bits per heavy atom. The molecule has 0 atom stereocenters. The number of pyridine rings is 1. The van der Waals surface area contributed by atoms with E-state index in [9.17, 15) is 4.79 Å². The summed E-state index contributed by atoms with van der Waals surface area (Å²) in [6, 6.07) is 12.6. The summed E-state index contributed by atoms with van der Waals surface area (Å²) in [6.07, 6.45) is 2.96. The fourth-order valence-electron chi connectivity index (χ4n) is 1.82. The summed E-state index contributed by atoms with van der Waals surface area (Å²) in [5, 5.41) is 0.316. The van der Waals surface area contributed by atoms with Gasteiger partial charge in [-0.15, -0.1) is 0 Å². The van der Waals surface area contributed by atoms with Crippen molar-refractivity contribution in [3.8, 4) is 11.3 Å². The molecule has 110 valence electrons. The molecule has 6 heteroatoms. The number of hydrogen-bond donors (Lipinski definition) is 0. The number of oxazole rings is 1. The molecule has 0 saturated carbocycles. The fourth-order valence-corrected chi connectivity index (χ4v) is 1.93. The van der Waals surface area contributed by atoms with Gasteiger partial charge in [-0.2, -0.15) is 0 Å². The van der Waals surface area contributed by atoms with Crippen LogP contribution in [0.15, 0.2) is 59.3 Å². The molecular formula is C16H11ClN2O3. The highest BCUT2D eigenvalue weighted by molar-refractivity contribution is 6.29. The third-order valence-corrected chi connectivity index (χ3v) is 3.13. The van der Waals surface area contributed by atoms with Gasteiger partial charge in [0.2, 0.25) is 5.89 Å². The van der Waals surface area contributed by atoms with Gasteiger partial charge in [0, 0.05) is 11.8 Å². The zero-order chi connectivity index (χ0) is 15.4. The van der Waals surface area contributed by atoms with Crippen molar-refractivity contribution in [1.29, 1.82) is 0 Å². The number of carbonyl (C=O) groups is 1. The molecule has 0 unspecified atom stereocenters. The number of hydrogen-bond acceptors (Lipinski definition) is 5. The lowest BCUT2D eigenvalue weighted by Gasteiger charge is -2.02. The maximum absolute atomic E-state index is 11.8. The van der Waals surface area contributed by atoms with E-state index >= 15 is 0 Å². The summed E-state index contributed by atoms with van der Waals surface area (Å²) in [5.74, 6) is 0.442. The van der Waals surface area contributed by atoms with E-state index in [0.29, 0.717) is 22.4 Å². The third kappa shape index (κ3) is 3.32. The summed E-state index contributed by atoms with van der Waals surface area (Å²) in [4.78, 5) is 19.7. The highest BCUT2D eigenvalue weighted by atomic mass is 35.5. The Bertz CT molecular complexity index is 770. The molecule has 2 heterocycles. The molecule has 2 aromatic heterocycles. The Morgan fingerprint density at radius 1 is 1.09 bits per heavy atom. The molecule has 1 aromatic carbocycles. The van der Waals surface area contributed by atoms with Gasteiger partial charge in [-0.3, -0.25) is 0 Å². The maximum atomic E-state index is 11.8. The standard InChI is InChI=1S/C16H11ClN2O3/c17-14-7-6-12(8-18-14)16(20)21-10-15-19-9-13(22-15)11-4-2-1-3-5-11/h1-9H,10H2. The van der Waals surface area contributed by atoms with E-state index in [1.54, 1.807) is 12.3 Å². The van der Waals surface area contributed by atoms with Crippen LogP contribution < -0.4 is 0 Å². The van der Waals surface area contributed by atoms with Gasteiger partial charge >= 0.3 is 5.97 Å². The van der Waals surface area contributed by atoms with Crippen molar-refractivity contribution in [2.45, 2.75) is 6.61 Å². The first-order chi connectivity index (χ1) is 10.7. The lowest BCUT2D eigenvalue weighted by atomic mass is 10.2. The number of nitrogens with zero attached hydrogens (tertiary/aromatic N) is 2. The van der Waals surface area contributed by atoms with Crippen LogP contribution in [-0.4, -0.2) is 15.9 Å². The van der Waals surface area contributed by atoms with Crippen LogP contribution in [0.1, 0.15) is 16.2 Å². The largest absolute Gasteiger partial charge is 0.452 e. The predicted octanol–water partition coefficient (Wildman–Crippen LogP) is 3.75. The van der Waals surface area contributed by atoms with Crippen molar-refractivity contribution in [1.82, 2.24) is 9.97 Å². The van der Waals surface area contributed by atoms with Crippen molar-refractivity contribution in [2.24, 2.45) is 0 Å². The van der Waals surface area contributed by atoms with Crippen LogP contribution in [-0.2, 0) is 11.3 Å². The van der Waals surface area contributed by atoms with Gasteiger partial charge < -0.3 is 9.15 Å². The minimum atomic E-state index is -0.511. The first-order valence-corrected chi connectivity index (χ1v) is 6.89. The maximum Gasteiger partial charge on any atom is 0.340 e. The van der Waals surface area contributed by atoms with Gasteiger partial charge in [0.1, 0.15) is 5.15 Å². The quantitative estimate of drug-likeness (QED) is 0.542. The van der Waals surface area contributed by atoms with Crippen molar-refractivity contribution in [2.75, 3.05) is 0 Å². The average Bonchev–Trinajstić information content (AvgIpc) is 3.03. The molecule has 0 fully saturated rings. The molecule has 3 rings (SSSR count). The highest BCUT2D eigenvalue weighted by Crippen LogP contribution is 2.20. The molecule has 3 aromatic rings. The summed E-state index contributed by atoms with van der Waals surface area (Å²) in [6.45, 7) is -0.0473. The van der Waals surface area contributed by atoms with Gasteiger partial charge in [-0.05, 0) is 12.1 Å². The molecule has 0 aliphatic carbocycles. The summed E-state index contributed by atoms with van der Waals surface area (Å²) in [5.41, 5.74) is 1.23. The molecule has 0 saturated heterocycles. The second-order valence-electron chi connectivity index (χ2n) is 4.43. The minimum Gasteiger partial charge on any atom is -0.452 e. The third-order valence-electron chi connectivity index (χ3n) is 2.90. The molecule has 0 amide bonds. The number of aromatic nitrogens is 2. The van der Waals surface area contributed by atoms with E-state index in [-0.39, 0.29) is 6.61 Å². The smallest absolute Gasteiger partial charge is 0.340 e. The van der Waals surface area contributed by atoms with Crippen molar-refractivity contribution < 1.29 is 13.9 Å². The number of esters is 1. The minimum absolute atomic E-state index is 0.0473. The highest BCUT2D eigenvalue weighted by Gasteiger charge is 2.11. The Kier molecular flexibility index (Phi) is 4.16. The molecular weight excluding hydrogens is 304 g/mol. The van der Waals surface area contributed by atoms with Gasteiger partial charge in [0.25, 0.3) is 0 Å². The molecule has 0 radical (unpaired) electrons. The fraction of sp³-hybridized carbons (Fsp3) is 0.0625. The molecule has 0 N–H and O–H groups in total. The number of ether oxygens (including phenoxy) is 1. The Balaban J connectivity index is 1.64. The van der Waals surface area contributed by atoms with Crippen LogP contribution in [0.2, 0.25) is 5.15 Å². The van der Waals surface area contributed by atoms with Crippen LogP contribution in [0, 0.1) is 0 Å². The monoisotopic (exact) mass is 314 g/mol. The molecule has 0 spiro atoms. The van der Waals surface area contributed by atoms with Crippen molar-refractivity contribution >= 4 is 17.6 Å². The summed E-state index contributed by atoms with van der Waals surface area (Å²) < 4.78 is 10.7. The van der Waals surface area contributed by atoms with Crippen LogP contribution in [0.3, 0.4) is 0 Å². The zero-order valence-electron chi connectivity index (χ0n) is 11.4. The van der Waals surface area contributed by atoms with Crippen LogP contribution in [0.4, 0.5) is 0 Å². The van der Waals surface area contributed by atoms with E-state index < -0.39 is 5.97 Å². The number of benzene rings is 1. The van der Waals surface area contributed by atoms with Gasteiger partial charge in [0.05, 0.1) is 11.8 Å². The van der Waals surface area contributed by atoms with E-state index in [4.69, 9.17) is 20.8 Å². The van der Waals surface area contributed by atoms with Gasteiger partial charge in [-0.25, -0.2) is 14.8 Å². The lowest BCUT2D eigenvalue weighted by molar-refractivity contribution is 0.0438. The topological polar surface area (TPSA) is 65.2 Å². The van der Waals surface area contributed by atoms with Gasteiger partial charge in [0.15, 0.2) is 12.4 Å².